The van der Waals surface area contributed by atoms with Crippen molar-refractivity contribution in [1.29, 1.82) is 0 Å². The molecule has 0 bridgehead atoms. The fourth-order valence-corrected chi connectivity index (χ4v) is 4.79. The topological polar surface area (TPSA) is 92.5 Å². The summed E-state index contributed by atoms with van der Waals surface area (Å²) in [7, 11) is 0. The van der Waals surface area contributed by atoms with Crippen molar-refractivity contribution in [2.75, 3.05) is 11.1 Å². The van der Waals surface area contributed by atoms with Crippen molar-refractivity contribution in [3.63, 3.8) is 0 Å². The maximum absolute atomic E-state index is 13.5. The Balaban J connectivity index is 1.28. The number of fused-ring (bicyclic) bond motifs is 1. The molecule has 0 fully saturated rings. The van der Waals surface area contributed by atoms with Crippen LogP contribution in [0.3, 0.4) is 0 Å². The number of imidazole rings is 1. The van der Waals surface area contributed by atoms with Crippen LogP contribution >= 0.6 is 0 Å². The van der Waals surface area contributed by atoms with E-state index in [2.05, 4.69) is 45.6 Å². The first-order valence-corrected chi connectivity index (χ1v) is 13.1. The van der Waals surface area contributed by atoms with E-state index in [4.69, 9.17) is 10.7 Å². The summed E-state index contributed by atoms with van der Waals surface area (Å²) in [5.74, 6) is 0.304. The van der Waals surface area contributed by atoms with Crippen LogP contribution < -0.4 is 11.1 Å². The summed E-state index contributed by atoms with van der Waals surface area (Å²) in [6.07, 6.45) is 5.84. The van der Waals surface area contributed by atoms with Gasteiger partial charge in [0.15, 0.2) is 0 Å². The minimum absolute atomic E-state index is 0.283. The first-order chi connectivity index (χ1) is 19.9. The van der Waals surface area contributed by atoms with E-state index >= 15 is 0 Å². The van der Waals surface area contributed by atoms with Gasteiger partial charge in [-0.1, -0.05) is 67.8 Å². The van der Waals surface area contributed by atoms with Crippen LogP contribution in [0.1, 0.15) is 17.0 Å². The van der Waals surface area contributed by atoms with E-state index in [1.807, 2.05) is 48.5 Å². The smallest absolute Gasteiger partial charge is 0.138 e. The van der Waals surface area contributed by atoms with Gasteiger partial charge in [0.1, 0.15) is 11.6 Å². The molecule has 0 unspecified atom stereocenters. The van der Waals surface area contributed by atoms with Gasteiger partial charge < -0.3 is 16.0 Å². The number of anilines is 2. The molecule has 0 saturated heterocycles. The number of nitrogens with one attached hydrogen (secondary N) is 2. The summed E-state index contributed by atoms with van der Waals surface area (Å²) in [4.78, 5) is 17.2. The normalized spacial score (nSPS) is 11.0. The third-order valence-electron chi connectivity index (χ3n) is 6.83. The van der Waals surface area contributed by atoms with Crippen molar-refractivity contribution in [1.82, 2.24) is 19.9 Å². The van der Waals surface area contributed by atoms with Gasteiger partial charge in [-0.3, -0.25) is 9.97 Å². The predicted molar refractivity (Wildman–Crippen MR) is 164 cm³/mol. The highest BCUT2D eigenvalue weighted by Crippen LogP contribution is 2.33. The molecule has 0 aliphatic carbocycles. The Bertz CT molecular complexity index is 1890. The van der Waals surface area contributed by atoms with E-state index in [1.165, 1.54) is 17.7 Å². The number of benzene rings is 3. The first-order valence-electron chi connectivity index (χ1n) is 13.1. The molecule has 0 amide bonds. The molecule has 4 N–H and O–H groups in total. The summed E-state index contributed by atoms with van der Waals surface area (Å²) in [6.45, 7) is 8.47. The molecule has 0 aliphatic rings. The molecular formula is C34H27FN6. The number of nitrogen functional groups attached to an aromatic ring is 1. The second-order valence-electron chi connectivity index (χ2n) is 9.78. The summed E-state index contributed by atoms with van der Waals surface area (Å²) < 4.78 is 13.5. The van der Waals surface area contributed by atoms with E-state index in [9.17, 15) is 4.39 Å². The molecule has 3 aromatic heterocycles. The molecule has 0 spiro atoms. The van der Waals surface area contributed by atoms with Crippen molar-refractivity contribution in [3.8, 4) is 22.4 Å². The van der Waals surface area contributed by atoms with Gasteiger partial charge in [0.25, 0.3) is 0 Å². The molecule has 3 heterocycles. The van der Waals surface area contributed by atoms with Crippen LogP contribution in [-0.2, 0) is 6.42 Å². The van der Waals surface area contributed by atoms with Gasteiger partial charge >= 0.3 is 0 Å². The summed E-state index contributed by atoms with van der Waals surface area (Å²) in [5.41, 5.74) is 15.9. The number of rotatable bonds is 8. The third kappa shape index (κ3) is 5.46. The minimum Gasteiger partial charge on any atom is -0.397 e. The molecule has 200 valence electrons. The van der Waals surface area contributed by atoms with Gasteiger partial charge in [-0.2, -0.15) is 0 Å². The number of para-hydroxylation sites is 1. The molecule has 41 heavy (non-hydrogen) atoms. The Morgan fingerprint density at radius 2 is 1.68 bits per heavy atom. The van der Waals surface area contributed by atoms with Crippen LogP contribution in [0.25, 0.3) is 39.0 Å². The largest absolute Gasteiger partial charge is 0.397 e. The number of hydrogen-bond donors (Lipinski definition) is 3. The Labute approximate surface area is 237 Å². The van der Waals surface area contributed by atoms with Crippen LogP contribution in [0, 0.1) is 5.82 Å². The van der Waals surface area contributed by atoms with E-state index in [0.717, 1.165) is 39.1 Å². The van der Waals surface area contributed by atoms with E-state index in [0.29, 0.717) is 34.8 Å². The van der Waals surface area contributed by atoms with Crippen LogP contribution in [0.4, 0.5) is 15.8 Å². The van der Waals surface area contributed by atoms with Crippen molar-refractivity contribution in [3.05, 3.63) is 145 Å². The second kappa shape index (κ2) is 10.9. The number of H-pyrrole nitrogens is 1. The lowest BCUT2D eigenvalue weighted by atomic mass is 10.0. The van der Waals surface area contributed by atoms with Crippen molar-refractivity contribution < 1.29 is 4.39 Å². The monoisotopic (exact) mass is 538 g/mol. The highest BCUT2D eigenvalue weighted by Gasteiger charge is 2.16. The lowest BCUT2D eigenvalue weighted by Gasteiger charge is -2.12. The molecule has 6 nitrogen and oxygen atoms in total. The van der Waals surface area contributed by atoms with Crippen molar-refractivity contribution in [2.45, 2.75) is 6.42 Å². The maximum atomic E-state index is 13.5. The number of aromatic nitrogens is 4. The molecule has 6 rings (SSSR count). The van der Waals surface area contributed by atoms with Crippen LogP contribution in [0.15, 0.2) is 122 Å². The standard InChI is InChI=1S/C34H27FN6/c1-21(15-23-7-4-3-5-8-23)39-27-16-25(18-37-19-27)32-17-29(30(36)20-38-32)22(2)34-40-31-10-6-9-28(33(31)41-34)24-11-13-26(35)14-12-24/h3-14,16-20,39H,1-2,15,36H2,(H,40,41). The van der Waals surface area contributed by atoms with Gasteiger partial charge in [0, 0.05) is 40.6 Å². The zero-order valence-electron chi connectivity index (χ0n) is 22.2. The van der Waals surface area contributed by atoms with Gasteiger partial charge in [0.2, 0.25) is 0 Å². The van der Waals surface area contributed by atoms with Gasteiger partial charge in [0.05, 0.1) is 40.5 Å². The maximum Gasteiger partial charge on any atom is 0.138 e. The molecular weight excluding hydrogens is 511 g/mol. The number of hydrogen-bond acceptors (Lipinski definition) is 5. The predicted octanol–water partition coefficient (Wildman–Crippen LogP) is 7.64. The van der Waals surface area contributed by atoms with Crippen LogP contribution in [-0.4, -0.2) is 19.9 Å². The van der Waals surface area contributed by atoms with Gasteiger partial charge in [-0.15, -0.1) is 0 Å². The van der Waals surface area contributed by atoms with E-state index in [-0.39, 0.29) is 5.82 Å². The molecule has 6 aromatic rings. The number of pyridine rings is 2. The molecule has 0 atom stereocenters. The molecule has 7 heteroatoms. The zero-order chi connectivity index (χ0) is 28.3. The summed E-state index contributed by atoms with van der Waals surface area (Å²) in [5, 5.41) is 3.35. The number of nitrogens with two attached hydrogens (primary N) is 1. The second-order valence-corrected chi connectivity index (χ2v) is 9.78. The summed E-state index contributed by atoms with van der Waals surface area (Å²) in [6, 6.07) is 26.3. The Morgan fingerprint density at radius 1 is 0.878 bits per heavy atom. The third-order valence-corrected chi connectivity index (χ3v) is 6.83. The Kier molecular flexibility index (Phi) is 6.83. The molecule has 0 aliphatic heterocycles. The van der Waals surface area contributed by atoms with Crippen LogP contribution in [0.2, 0.25) is 0 Å². The Morgan fingerprint density at radius 3 is 2.49 bits per heavy atom. The molecule has 0 saturated carbocycles. The molecule has 0 radical (unpaired) electrons. The van der Waals surface area contributed by atoms with E-state index in [1.54, 1.807) is 30.7 Å². The SMILES string of the molecule is C=C(Cc1ccccc1)Nc1cncc(-c2cc(C(=C)c3nc4c(-c5ccc(F)cc5)cccc4[nH]3)c(N)cn2)c1. The molecule has 3 aromatic carbocycles. The average molecular weight is 539 g/mol. The summed E-state index contributed by atoms with van der Waals surface area (Å²) >= 11 is 0. The quantitative estimate of drug-likeness (QED) is 0.185. The number of aromatic amines is 1. The first kappa shape index (κ1) is 25.7. The average Bonchev–Trinajstić information content (AvgIpc) is 3.43. The van der Waals surface area contributed by atoms with Crippen LogP contribution in [0.5, 0.6) is 0 Å². The number of allylic oxidation sites excluding steroid dienone is 1. The van der Waals surface area contributed by atoms with Gasteiger partial charge in [-0.05, 0) is 41.5 Å². The number of nitrogens with zero attached hydrogens (tertiary/aromatic N) is 3. The highest BCUT2D eigenvalue weighted by atomic mass is 19.1. The van der Waals surface area contributed by atoms with Crippen molar-refractivity contribution in [2.24, 2.45) is 0 Å². The fraction of sp³-hybridized carbons (Fsp3) is 0.0294. The van der Waals surface area contributed by atoms with E-state index < -0.39 is 0 Å². The zero-order valence-corrected chi connectivity index (χ0v) is 22.2. The lowest BCUT2D eigenvalue weighted by Crippen LogP contribution is -2.02. The lowest BCUT2D eigenvalue weighted by molar-refractivity contribution is 0.628. The van der Waals surface area contributed by atoms with Crippen molar-refractivity contribution >= 4 is 28.0 Å². The van der Waals surface area contributed by atoms with Gasteiger partial charge in [-0.25, -0.2) is 9.37 Å². The fourth-order valence-electron chi connectivity index (χ4n) is 4.79. The number of halogens is 1. The highest BCUT2D eigenvalue weighted by molar-refractivity contribution is 5.95. The minimum atomic E-state index is -0.283. The Hall–Kier alpha value is -5.56.